The molecule has 0 saturated carbocycles. The number of nitrogens with one attached hydrogen (secondary N) is 2. The van der Waals surface area contributed by atoms with E-state index in [0.29, 0.717) is 36.6 Å². The average molecular weight is 953 g/mol. The summed E-state index contributed by atoms with van der Waals surface area (Å²) in [7, 11) is 1.99. The van der Waals surface area contributed by atoms with Crippen LogP contribution in [0.3, 0.4) is 0 Å². The summed E-state index contributed by atoms with van der Waals surface area (Å²) in [4.78, 5) is 68.1. The number of benzene rings is 4. The van der Waals surface area contributed by atoms with Crippen molar-refractivity contribution in [3.05, 3.63) is 136 Å². The Bertz CT molecular complexity index is 2570. The maximum Gasteiger partial charge on any atom is 0.245 e. The smallest absolute Gasteiger partial charge is 0.245 e. The standard InChI is InChI=1S/C51H56Cl2FN7O6/c1-33-48(64)56-43(31-62)49(65)57-51(27-35-11-15-38(52)16-12-35)19-8-22-60(32-51)50(66)37(23-34-9-4-3-5-10-34)24-47(63)61(33)29-41-42(54)25-39(53)26-45(41)67-40-17-13-36(14-18-40)44-28-55-46(58(44)2)30-59-20-6-7-21-59/h3-5,9-18,25-26,28,33,37,43,62H,6-8,19-24,27,29-32H2,1-2H3,(H,56,64)(H,57,65)/t33-,37+,43-,51+/m0/s1. The number of imidazole rings is 1. The van der Waals surface area contributed by atoms with E-state index in [1.54, 1.807) is 29.2 Å². The third-order valence-corrected chi connectivity index (χ3v) is 13.8. The lowest BCUT2D eigenvalue weighted by Gasteiger charge is -2.45. The second-order valence-electron chi connectivity index (χ2n) is 18.1. The first-order valence-electron chi connectivity index (χ1n) is 22.9. The van der Waals surface area contributed by atoms with Crippen molar-refractivity contribution in [2.75, 3.05) is 32.8 Å². The molecule has 3 N–H and O–H groups in total. The highest BCUT2D eigenvalue weighted by Crippen LogP contribution is 2.35. The minimum atomic E-state index is -1.41. The number of aliphatic hydroxyl groups is 1. The van der Waals surface area contributed by atoms with E-state index < -0.39 is 60.2 Å². The number of fused-ring (bicyclic) bond motifs is 2. The summed E-state index contributed by atoms with van der Waals surface area (Å²) < 4.78 is 24.7. The summed E-state index contributed by atoms with van der Waals surface area (Å²) in [6.07, 6.45) is 5.49. The van der Waals surface area contributed by atoms with E-state index >= 15 is 4.39 Å². The van der Waals surface area contributed by atoms with Crippen molar-refractivity contribution in [2.24, 2.45) is 13.0 Å². The lowest BCUT2D eigenvalue weighted by Crippen LogP contribution is -2.65. The molecule has 1 aromatic heterocycles. The van der Waals surface area contributed by atoms with Gasteiger partial charge in [-0.05, 0) is 118 Å². The summed E-state index contributed by atoms with van der Waals surface area (Å²) in [5, 5.41) is 16.9. The fourth-order valence-corrected chi connectivity index (χ4v) is 9.89. The van der Waals surface area contributed by atoms with E-state index in [2.05, 4.69) is 25.1 Å². The van der Waals surface area contributed by atoms with Crippen molar-refractivity contribution in [2.45, 2.75) is 82.6 Å². The van der Waals surface area contributed by atoms with E-state index in [4.69, 9.17) is 27.9 Å². The van der Waals surface area contributed by atoms with Gasteiger partial charge in [0.25, 0.3) is 0 Å². The largest absolute Gasteiger partial charge is 0.457 e. The van der Waals surface area contributed by atoms with E-state index in [1.165, 1.54) is 30.7 Å². The molecule has 0 aliphatic carbocycles. The quantitative estimate of drug-likeness (QED) is 0.120. The number of carbonyl (C=O) groups is 4. The normalized spacial score (nSPS) is 22.1. The Balaban J connectivity index is 1.10. The fourth-order valence-electron chi connectivity index (χ4n) is 9.57. The van der Waals surface area contributed by atoms with Crippen LogP contribution in [-0.2, 0) is 52.2 Å². The van der Waals surface area contributed by atoms with Gasteiger partial charge in [0, 0.05) is 47.7 Å². The zero-order valence-corrected chi connectivity index (χ0v) is 39.2. The highest BCUT2D eigenvalue weighted by Gasteiger charge is 2.43. The summed E-state index contributed by atoms with van der Waals surface area (Å²) in [5.74, 6) is -2.65. The van der Waals surface area contributed by atoms with Crippen molar-refractivity contribution in [3.63, 3.8) is 0 Å². The van der Waals surface area contributed by atoms with Crippen LogP contribution in [0, 0.1) is 11.7 Å². The number of ether oxygens (including phenoxy) is 1. The Morgan fingerprint density at radius 3 is 2.31 bits per heavy atom. The van der Waals surface area contributed by atoms with Gasteiger partial charge in [0.05, 0.1) is 43.0 Å². The molecule has 5 aromatic rings. The molecule has 4 aromatic carbocycles. The number of amides is 4. The molecule has 3 saturated heterocycles. The molecule has 67 heavy (non-hydrogen) atoms. The minimum Gasteiger partial charge on any atom is -0.457 e. The Morgan fingerprint density at radius 2 is 1.60 bits per heavy atom. The zero-order valence-electron chi connectivity index (χ0n) is 37.7. The predicted molar refractivity (Wildman–Crippen MR) is 254 cm³/mol. The van der Waals surface area contributed by atoms with Gasteiger partial charge >= 0.3 is 0 Å². The summed E-state index contributed by atoms with van der Waals surface area (Å²) in [6, 6.07) is 23.7. The maximum absolute atomic E-state index is 16.3. The molecule has 0 spiro atoms. The van der Waals surface area contributed by atoms with Crippen LogP contribution >= 0.6 is 23.2 Å². The number of aliphatic hydroxyl groups excluding tert-OH is 1. The molecule has 0 radical (unpaired) electrons. The number of likely N-dealkylation sites (tertiary alicyclic amines) is 1. The van der Waals surface area contributed by atoms with Crippen LogP contribution < -0.4 is 15.4 Å². The number of hydrogen-bond acceptors (Lipinski definition) is 8. The molecule has 2 bridgehead atoms. The first-order valence-corrected chi connectivity index (χ1v) is 23.6. The average Bonchev–Trinajstić information content (AvgIpc) is 3.97. The van der Waals surface area contributed by atoms with Gasteiger partial charge in [-0.15, -0.1) is 0 Å². The van der Waals surface area contributed by atoms with E-state index in [1.807, 2.05) is 67.8 Å². The molecule has 16 heteroatoms. The van der Waals surface area contributed by atoms with Gasteiger partial charge in [-0.25, -0.2) is 9.37 Å². The van der Waals surface area contributed by atoms with Gasteiger partial charge in [-0.2, -0.15) is 0 Å². The lowest BCUT2D eigenvalue weighted by molar-refractivity contribution is -0.147. The van der Waals surface area contributed by atoms with Gasteiger partial charge in [-0.1, -0.05) is 65.7 Å². The molecule has 352 valence electrons. The van der Waals surface area contributed by atoms with Gasteiger partial charge in [0.2, 0.25) is 23.6 Å². The van der Waals surface area contributed by atoms with Gasteiger partial charge in [-0.3, -0.25) is 24.1 Å². The molecule has 4 heterocycles. The van der Waals surface area contributed by atoms with E-state index in [-0.39, 0.29) is 41.6 Å². The molecular weight excluding hydrogens is 897 g/mol. The van der Waals surface area contributed by atoms with Crippen LogP contribution in [0.15, 0.2) is 97.2 Å². The predicted octanol–water partition coefficient (Wildman–Crippen LogP) is 7.10. The number of carbonyl (C=O) groups excluding carboxylic acids is 4. The molecule has 3 aliphatic rings. The van der Waals surface area contributed by atoms with Gasteiger partial charge in [0.1, 0.15) is 35.2 Å². The first kappa shape index (κ1) is 47.7. The Morgan fingerprint density at radius 1 is 0.866 bits per heavy atom. The maximum atomic E-state index is 16.3. The highest BCUT2D eigenvalue weighted by atomic mass is 35.5. The van der Waals surface area contributed by atoms with Crippen molar-refractivity contribution in [1.82, 2.24) is 34.9 Å². The number of hydrogen-bond donors (Lipinski definition) is 3. The molecule has 4 atom stereocenters. The lowest BCUT2D eigenvalue weighted by atomic mass is 9.81. The minimum absolute atomic E-state index is 0.0147. The highest BCUT2D eigenvalue weighted by molar-refractivity contribution is 6.31. The SMILES string of the molecule is C[C@H]1C(=O)N[C@@H](CO)C(=O)N[C@@]2(Cc3ccc(Cl)cc3)CCCN(C2)C(=O)[C@H](Cc2ccccc2)CC(=O)N1Cc1c(F)cc(Cl)cc1Oc1ccc(-c2cnc(CN3CCCC3)n2C)cc1. The van der Waals surface area contributed by atoms with Crippen molar-refractivity contribution in [3.8, 4) is 22.8 Å². The Hall–Kier alpha value is -5.80. The number of piperidine rings is 1. The van der Waals surface area contributed by atoms with Crippen LogP contribution in [0.1, 0.15) is 61.5 Å². The Labute approximate surface area is 400 Å². The fraction of sp³-hybridized carbons (Fsp3) is 0.392. The number of rotatable bonds is 12. The third kappa shape index (κ3) is 11.3. The molecule has 3 fully saturated rings. The molecule has 3 aliphatic heterocycles. The number of aromatic nitrogens is 2. The summed E-state index contributed by atoms with van der Waals surface area (Å²) >= 11 is 12.6. The number of halogens is 3. The topological polar surface area (TPSA) is 149 Å². The zero-order chi connectivity index (χ0) is 47.2. The number of nitrogens with zero attached hydrogens (tertiary/aromatic N) is 5. The van der Waals surface area contributed by atoms with Gasteiger partial charge in [0.15, 0.2) is 0 Å². The van der Waals surface area contributed by atoms with E-state index in [0.717, 1.165) is 53.9 Å². The summed E-state index contributed by atoms with van der Waals surface area (Å²) in [6.45, 7) is 3.63. The summed E-state index contributed by atoms with van der Waals surface area (Å²) in [5.41, 5.74) is 2.47. The molecule has 8 rings (SSSR count). The second kappa shape index (κ2) is 21.0. The monoisotopic (exact) mass is 951 g/mol. The second-order valence-corrected chi connectivity index (χ2v) is 18.9. The molecule has 4 amide bonds. The first-order chi connectivity index (χ1) is 32.3. The Kier molecular flexibility index (Phi) is 15.0. The molecular formula is C51H56Cl2FN7O6. The van der Waals surface area contributed by atoms with Crippen LogP contribution in [0.5, 0.6) is 11.5 Å². The van der Waals surface area contributed by atoms with Crippen molar-refractivity contribution >= 4 is 46.8 Å². The molecule has 0 unspecified atom stereocenters. The van der Waals surface area contributed by atoms with Crippen LogP contribution in [0.2, 0.25) is 10.0 Å². The van der Waals surface area contributed by atoms with Crippen molar-refractivity contribution < 1.29 is 33.4 Å². The van der Waals surface area contributed by atoms with Crippen LogP contribution in [0.25, 0.3) is 11.3 Å². The van der Waals surface area contributed by atoms with E-state index in [9.17, 15) is 24.3 Å². The molecule has 13 nitrogen and oxygen atoms in total. The van der Waals surface area contributed by atoms with Crippen LogP contribution in [-0.4, -0.2) is 103 Å². The van der Waals surface area contributed by atoms with Crippen LogP contribution in [0.4, 0.5) is 4.39 Å². The third-order valence-electron chi connectivity index (χ3n) is 13.3. The van der Waals surface area contributed by atoms with Gasteiger partial charge < -0.3 is 34.8 Å². The van der Waals surface area contributed by atoms with Crippen molar-refractivity contribution in [1.29, 1.82) is 0 Å².